The molecule has 116 valence electrons. The molecule has 7 heteroatoms. The van der Waals surface area contributed by atoms with Crippen LogP contribution < -0.4 is 0 Å². The number of hydrogen-bond acceptors (Lipinski definition) is 4. The lowest BCUT2D eigenvalue weighted by molar-refractivity contribution is -0.148. The molecule has 3 unspecified atom stereocenters. The molecule has 2 aliphatic heterocycles. The van der Waals surface area contributed by atoms with E-state index in [-0.39, 0.29) is 18.1 Å². The topological polar surface area (TPSA) is 66.9 Å². The molecule has 2 fully saturated rings. The van der Waals surface area contributed by atoms with Gasteiger partial charge in [-0.1, -0.05) is 6.42 Å². The van der Waals surface area contributed by atoms with Crippen molar-refractivity contribution in [2.24, 2.45) is 0 Å². The first kappa shape index (κ1) is 15.7. The zero-order valence-electron chi connectivity index (χ0n) is 12.4. The van der Waals surface area contributed by atoms with Crippen LogP contribution in [0.5, 0.6) is 0 Å². The second-order valence-corrected chi connectivity index (χ2v) is 7.82. The third-order valence-corrected chi connectivity index (χ3v) is 5.19. The van der Waals surface area contributed by atoms with E-state index in [0.29, 0.717) is 26.1 Å². The molecule has 0 aromatic rings. The second kappa shape index (κ2) is 5.99. The van der Waals surface area contributed by atoms with Crippen LogP contribution in [-0.2, 0) is 19.6 Å². The number of carbonyl (C=O) groups is 1. The molecule has 6 nitrogen and oxygen atoms in total. The molecule has 0 aliphatic carbocycles. The Morgan fingerprint density at radius 2 is 1.75 bits per heavy atom. The van der Waals surface area contributed by atoms with Crippen molar-refractivity contribution in [3.05, 3.63) is 0 Å². The van der Waals surface area contributed by atoms with Gasteiger partial charge in [0.2, 0.25) is 15.9 Å². The van der Waals surface area contributed by atoms with Crippen molar-refractivity contribution in [1.82, 2.24) is 9.21 Å². The van der Waals surface area contributed by atoms with Gasteiger partial charge >= 0.3 is 0 Å². The Morgan fingerprint density at radius 3 is 2.30 bits per heavy atom. The van der Waals surface area contributed by atoms with Crippen LogP contribution in [0.2, 0.25) is 0 Å². The molecule has 2 rings (SSSR count). The molecule has 0 N–H and O–H groups in total. The van der Waals surface area contributed by atoms with Crippen LogP contribution in [0, 0.1) is 0 Å². The van der Waals surface area contributed by atoms with Crippen molar-refractivity contribution in [3.63, 3.8) is 0 Å². The molecule has 0 aromatic heterocycles. The number of morpholine rings is 1. The molecule has 0 aromatic carbocycles. The highest BCUT2D eigenvalue weighted by Gasteiger charge is 2.38. The second-order valence-electron chi connectivity index (χ2n) is 5.89. The van der Waals surface area contributed by atoms with Crippen LogP contribution in [-0.4, -0.2) is 67.7 Å². The summed E-state index contributed by atoms with van der Waals surface area (Å²) < 4.78 is 30.7. The van der Waals surface area contributed by atoms with Gasteiger partial charge < -0.3 is 9.64 Å². The number of sulfonamides is 1. The summed E-state index contributed by atoms with van der Waals surface area (Å²) in [7, 11) is -3.33. The molecule has 2 aliphatic rings. The summed E-state index contributed by atoms with van der Waals surface area (Å²) in [5.74, 6) is -0.0721. The van der Waals surface area contributed by atoms with Crippen LogP contribution in [0.4, 0.5) is 0 Å². The highest BCUT2D eigenvalue weighted by molar-refractivity contribution is 7.88. The fourth-order valence-corrected chi connectivity index (χ4v) is 4.24. The van der Waals surface area contributed by atoms with Crippen molar-refractivity contribution in [2.45, 2.75) is 51.4 Å². The van der Waals surface area contributed by atoms with Gasteiger partial charge in [-0.25, -0.2) is 8.42 Å². The Morgan fingerprint density at radius 1 is 1.15 bits per heavy atom. The molecule has 0 radical (unpaired) electrons. The molecule has 3 atom stereocenters. The molecular weight excluding hydrogens is 280 g/mol. The van der Waals surface area contributed by atoms with E-state index in [1.54, 1.807) is 4.90 Å². The van der Waals surface area contributed by atoms with Gasteiger partial charge in [-0.2, -0.15) is 4.31 Å². The number of rotatable bonds is 2. The van der Waals surface area contributed by atoms with Gasteiger partial charge in [0.05, 0.1) is 18.5 Å². The SMILES string of the molecule is CC1CN(C(=O)C2CCCCN2S(C)(=O)=O)CC(C)O1. The van der Waals surface area contributed by atoms with Crippen LogP contribution >= 0.6 is 0 Å². The number of nitrogens with zero attached hydrogens (tertiary/aromatic N) is 2. The largest absolute Gasteiger partial charge is 0.372 e. The number of ether oxygens (including phenoxy) is 1. The first-order valence-electron chi connectivity index (χ1n) is 7.20. The first-order chi connectivity index (χ1) is 9.29. The van der Waals surface area contributed by atoms with E-state index in [1.165, 1.54) is 10.6 Å². The van der Waals surface area contributed by atoms with Crippen LogP contribution in [0.15, 0.2) is 0 Å². The van der Waals surface area contributed by atoms with E-state index in [9.17, 15) is 13.2 Å². The lowest BCUT2D eigenvalue weighted by Crippen LogP contribution is -2.57. The van der Waals surface area contributed by atoms with Crippen molar-refractivity contribution in [2.75, 3.05) is 25.9 Å². The maximum Gasteiger partial charge on any atom is 0.241 e. The van der Waals surface area contributed by atoms with E-state index in [2.05, 4.69) is 0 Å². The average Bonchev–Trinajstić information content (AvgIpc) is 2.35. The summed E-state index contributed by atoms with van der Waals surface area (Å²) in [5, 5.41) is 0. The molecule has 20 heavy (non-hydrogen) atoms. The van der Waals surface area contributed by atoms with Crippen molar-refractivity contribution in [3.8, 4) is 0 Å². The summed E-state index contributed by atoms with van der Waals surface area (Å²) in [6.45, 7) is 5.40. The van der Waals surface area contributed by atoms with E-state index in [0.717, 1.165) is 12.8 Å². The summed E-state index contributed by atoms with van der Waals surface area (Å²) in [6.07, 6.45) is 3.52. The zero-order valence-corrected chi connectivity index (χ0v) is 13.2. The van der Waals surface area contributed by atoms with Crippen molar-refractivity contribution in [1.29, 1.82) is 0 Å². The van der Waals surface area contributed by atoms with Crippen LogP contribution in [0.25, 0.3) is 0 Å². The van der Waals surface area contributed by atoms with Gasteiger partial charge in [0.15, 0.2) is 0 Å². The Bertz CT molecular complexity index is 455. The monoisotopic (exact) mass is 304 g/mol. The highest BCUT2D eigenvalue weighted by atomic mass is 32.2. The van der Waals surface area contributed by atoms with Crippen LogP contribution in [0.1, 0.15) is 33.1 Å². The summed E-state index contributed by atoms with van der Waals surface area (Å²) in [6, 6.07) is -0.531. The number of amides is 1. The van der Waals surface area contributed by atoms with E-state index < -0.39 is 16.1 Å². The van der Waals surface area contributed by atoms with E-state index in [4.69, 9.17) is 4.74 Å². The lowest BCUT2D eigenvalue weighted by atomic mass is 10.0. The predicted octanol–water partition coefficient (Wildman–Crippen LogP) is 0.436. The molecule has 0 spiro atoms. The third kappa shape index (κ3) is 3.51. The Kier molecular flexibility index (Phi) is 4.71. The lowest BCUT2D eigenvalue weighted by Gasteiger charge is -2.40. The molecular formula is C13H24N2O4S. The van der Waals surface area contributed by atoms with E-state index in [1.807, 2.05) is 13.8 Å². The minimum atomic E-state index is -3.33. The first-order valence-corrected chi connectivity index (χ1v) is 9.05. The molecule has 0 saturated carbocycles. The molecule has 0 bridgehead atoms. The normalized spacial score (nSPS) is 33.1. The zero-order chi connectivity index (χ0) is 14.9. The number of carbonyl (C=O) groups excluding carboxylic acids is 1. The fourth-order valence-electron chi connectivity index (χ4n) is 3.12. The summed E-state index contributed by atoms with van der Waals surface area (Å²) in [4.78, 5) is 14.4. The van der Waals surface area contributed by atoms with Crippen molar-refractivity contribution < 1.29 is 17.9 Å². The molecule has 2 saturated heterocycles. The Balaban J connectivity index is 2.13. The fraction of sp³-hybridized carbons (Fsp3) is 0.923. The van der Waals surface area contributed by atoms with Gasteiger partial charge in [0.1, 0.15) is 6.04 Å². The van der Waals surface area contributed by atoms with Gasteiger partial charge in [0.25, 0.3) is 0 Å². The van der Waals surface area contributed by atoms with Gasteiger partial charge in [-0.3, -0.25) is 4.79 Å². The Labute approximate surface area is 121 Å². The maximum atomic E-state index is 12.7. The smallest absolute Gasteiger partial charge is 0.241 e. The third-order valence-electron chi connectivity index (χ3n) is 3.90. The maximum absolute atomic E-state index is 12.7. The quantitative estimate of drug-likeness (QED) is 0.742. The predicted molar refractivity (Wildman–Crippen MR) is 75.8 cm³/mol. The summed E-state index contributed by atoms with van der Waals surface area (Å²) in [5.41, 5.74) is 0. The number of piperidine rings is 1. The minimum absolute atomic E-state index is 0.00188. The van der Waals surface area contributed by atoms with E-state index >= 15 is 0 Å². The van der Waals surface area contributed by atoms with Gasteiger partial charge in [0, 0.05) is 19.6 Å². The van der Waals surface area contributed by atoms with Gasteiger partial charge in [-0.15, -0.1) is 0 Å². The standard InChI is InChI=1S/C13H24N2O4S/c1-10-8-14(9-11(2)19-10)13(16)12-6-4-5-7-15(12)20(3,17)18/h10-12H,4-9H2,1-3H3. The minimum Gasteiger partial charge on any atom is -0.372 e. The highest BCUT2D eigenvalue weighted by Crippen LogP contribution is 2.23. The Hall–Kier alpha value is -0.660. The van der Waals surface area contributed by atoms with Crippen molar-refractivity contribution >= 4 is 15.9 Å². The number of hydrogen-bond donors (Lipinski definition) is 0. The van der Waals surface area contributed by atoms with Crippen LogP contribution in [0.3, 0.4) is 0 Å². The van der Waals surface area contributed by atoms with Gasteiger partial charge in [-0.05, 0) is 26.7 Å². The molecule has 1 amide bonds. The molecule has 2 heterocycles. The average molecular weight is 304 g/mol. The summed E-state index contributed by atoms with van der Waals surface area (Å²) >= 11 is 0.